The number of carbonyl (C=O) groups is 2. The highest BCUT2D eigenvalue weighted by Gasteiger charge is 2.34. The first kappa shape index (κ1) is 17.4. The molecule has 1 aliphatic rings. The molecule has 7 nitrogen and oxygen atoms in total. The van der Waals surface area contributed by atoms with E-state index in [1.807, 2.05) is 0 Å². The van der Waals surface area contributed by atoms with Crippen LogP contribution >= 0.6 is 0 Å². The highest BCUT2D eigenvalue weighted by Crippen LogP contribution is 2.38. The molecule has 7 heteroatoms. The molecule has 0 aliphatic carbocycles. The van der Waals surface area contributed by atoms with Crippen LogP contribution in [0.3, 0.4) is 0 Å². The Morgan fingerprint density at radius 2 is 1.42 bits per heavy atom. The Bertz CT molecular complexity index is 675. The quantitative estimate of drug-likeness (QED) is 0.818. The van der Waals surface area contributed by atoms with Crippen LogP contribution in [0.2, 0.25) is 0 Å². The molecule has 0 spiro atoms. The van der Waals surface area contributed by atoms with Crippen molar-refractivity contribution >= 4 is 11.9 Å². The summed E-state index contributed by atoms with van der Waals surface area (Å²) in [5.74, 6) is -0.705. The molecule has 0 unspecified atom stereocenters. The van der Waals surface area contributed by atoms with Crippen molar-refractivity contribution in [2.75, 3.05) is 28.4 Å². The van der Waals surface area contributed by atoms with Crippen molar-refractivity contribution in [1.82, 2.24) is 5.32 Å². The number of benzene rings is 1. The van der Waals surface area contributed by atoms with Gasteiger partial charge >= 0.3 is 11.9 Å². The summed E-state index contributed by atoms with van der Waals surface area (Å²) in [6.45, 7) is 0. The Balaban J connectivity index is 2.56. The second-order valence-corrected chi connectivity index (χ2v) is 4.90. The zero-order valence-electron chi connectivity index (χ0n) is 13.9. The molecular formula is C17H19NO6. The minimum absolute atomic E-state index is 0.285. The summed E-state index contributed by atoms with van der Waals surface area (Å²) in [7, 11) is 5.61. The minimum atomic E-state index is -0.647. The zero-order valence-corrected chi connectivity index (χ0v) is 13.9. The zero-order chi connectivity index (χ0) is 17.7. The number of hydrogen-bond acceptors (Lipinski definition) is 7. The number of hydrogen-bond donors (Lipinski definition) is 1. The molecule has 0 atom stereocenters. The minimum Gasteiger partial charge on any atom is -0.493 e. The van der Waals surface area contributed by atoms with Gasteiger partial charge in [0.2, 0.25) is 0 Å². The van der Waals surface area contributed by atoms with Crippen molar-refractivity contribution in [3.8, 4) is 11.5 Å². The van der Waals surface area contributed by atoms with E-state index in [4.69, 9.17) is 18.9 Å². The Morgan fingerprint density at radius 1 is 0.875 bits per heavy atom. The maximum Gasteiger partial charge on any atom is 0.336 e. The first-order valence-corrected chi connectivity index (χ1v) is 7.12. The lowest BCUT2D eigenvalue weighted by atomic mass is 9.83. The van der Waals surface area contributed by atoms with Gasteiger partial charge in [-0.05, 0) is 17.7 Å². The van der Waals surface area contributed by atoms with Gasteiger partial charge in [-0.15, -0.1) is 0 Å². The predicted octanol–water partition coefficient (Wildman–Crippen LogP) is 1.50. The third-order valence-corrected chi connectivity index (χ3v) is 3.68. The van der Waals surface area contributed by atoms with Crippen molar-refractivity contribution in [3.05, 3.63) is 47.3 Å². The van der Waals surface area contributed by atoms with Gasteiger partial charge in [0.05, 0.1) is 45.5 Å². The van der Waals surface area contributed by atoms with Crippen LogP contribution in [0.25, 0.3) is 0 Å². The smallest absolute Gasteiger partial charge is 0.336 e. The Hall–Kier alpha value is -2.96. The lowest BCUT2D eigenvalue weighted by Crippen LogP contribution is -2.26. The molecule has 2 rings (SSSR count). The molecule has 1 aromatic carbocycles. The van der Waals surface area contributed by atoms with E-state index in [0.29, 0.717) is 17.1 Å². The molecule has 0 fully saturated rings. The van der Waals surface area contributed by atoms with Gasteiger partial charge in [-0.3, -0.25) is 0 Å². The number of dihydropyridines is 1. The number of methoxy groups -OCH3 is 4. The average molecular weight is 333 g/mol. The van der Waals surface area contributed by atoms with Crippen molar-refractivity contribution in [2.45, 2.75) is 5.92 Å². The average Bonchev–Trinajstić information content (AvgIpc) is 2.65. The number of esters is 2. The highest BCUT2D eigenvalue weighted by atomic mass is 16.5. The van der Waals surface area contributed by atoms with E-state index < -0.39 is 17.9 Å². The van der Waals surface area contributed by atoms with E-state index in [9.17, 15) is 9.59 Å². The van der Waals surface area contributed by atoms with Crippen molar-refractivity contribution in [2.24, 2.45) is 0 Å². The van der Waals surface area contributed by atoms with Gasteiger partial charge in [0, 0.05) is 12.4 Å². The largest absolute Gasteiger partial charge is 0.493 e. The fourth-order valence-electron chi connectivity index (χ4n) is 2.54. The van der Waals surface area contributed by atoms with Crippen molar-refractivity contribution < 1.29 is 28.5 Å². The topological polar surface area (TPSA) is 83.1 Å². The van der Waals surface area contributed by atoms with E-state index >= 15 is 0 Å². The van der Waals surface area contributed by atoms with Crippen LogP contribution in [0.5, 0.6) is 11.5 Å². The summed E-state index contributed by atoms with van der Waals surface area (Å²) in [5.41, 5.74) is 1.24. The Labute approximate surface area is 139 Å². The number of nitrogens with one attached hydrogen (secondary N) is 1. The number of carbonyl (C=O) groups excluding carboxylic acids is 2. The van der Waals surface area contributed by atoms with Crippen molar-refractivity contribution in [1.29, 1.82) is 0 Å². The van der Waals surface area contributed by atoms with Gasteiger partial charge in [0.1, 0.15) is 0 Å². The van der Waals surface area contributed by atoms with E-state index in [2.05, 4.69) is 5.32 Å². The first-order chi connectivity index (χ1) is 11.6. The van der Waals surface area contributed by atoms with Crippen LogP contribution in [0.15, 0.2) is 41.7 Å². The summed E-state index contributed by atoms with van der Waals surface area (Å²) in [5, 5.41) is 2.78. The maximum atomic E-state index is 12.1. The van der Waals surface area contributed by atoms with Gasteiger partial charge in [0.25, 0.3) is 0 Å². The summed E-state index contributed by atoms with van der Waals surface area (Å²) in [6.07, 6.45) is 3.00. The lowest BCUT2D eigenvalue weighted by molar-refractivity contribution is -0.137. The molecule has 128 valence electrons. The second-order valence-electron chi connectivity index (χ2n) is 4.90. The van der Waals surface area contributed by atoms with Crippen molar-refractivity contribution in [3.63, 3.8) is 0 Å². The molecule has 0 bridgehead atoms. The van der Waals surface area contributed by atoms with E-state index in [0.717, 1.165) is 0 Å². The summed E-state index contributed by atoms with van der Waals surface area (Å²) in [4.78, 5) is 24.2. The first-order valence-electron chi connectivity index (χ1n) is 7.12. The molecule has 1 aliphatic heterocycles. The van der Waals surface area contributed by atoms with E-state index in [-0.39, 0.29) is 11.1 Å². The summed E-state index contributed by atoms with van der Waals surface area (Å²) < 4.78 is 20.2. The molecule has 0 radical (unpaired) electrons. The normalized spacial score (nSPS) is 14.0. The Kier molecular flexibility index (Phi) is 5.47. The SMILES string of the molecule is COC(=O)C1=CNC=C(C(=O)OC)C1c1ccc(OC)c(OC)c1. The molecule has 1 aromatic rings. The molecule has 24 heavy (non-hydrogen) atoms. The predicted molar refractivity (Wildman–Crippen MR) is 85.6 cm³/mol. The standard InChI is InChI=1S/C17H19NO6/c1-21-13-6-5-10(7-14(13)22-2)15-11(16(19)23-3)8-18-9-12(15)17(20)24-4/h5-9,15,18H,1-4H3. The summed E-state index contributed by atoms with van der Waals surface area (Å²) in [6, 6.07) is 5.17. The van der Waals surface area contributed by atoms with E-state index in [1.54, 1.807) is 18.2 Å². The van der Waals surface area contributed by atoms with Gasteiger partial charge in [-0.25, -0.2) is 9.59 Å². The third kappa shape index (κ3) is 3.19. The van der Waals surface area contributed by atoms with Crippen LogP contribution in [0, 0.1) is 0 Å². The van der Waals surface area contributed by atoms with Gasteiger partial charge in [-0.1, -0.05) is 6.07 Å². The molecule has 1 N–H and O–H groups in total. The molecule has 0 saturated heterocycles. The highest BCUT2D eigenvalue weighted by molar-refractivity contribution is 5.98. The molecule has 0 aromatic heterocycles. The van der Waals surface area contributed by atoms with Crippen LogP contribution in [0.1, 0.15) is 11.5 Å². The number of rotatable bonds is 5. The van der Waals surface area contributed by atoms with Gasteiger partial charge < -0.3 is 24.3 Å². The summed E-state index contributed by atoms with van der Waals surface area (Å²) >= 11 is 0. The number of ether oxygens (including phenoxy) is 4. The Morgan fingerprint density at radius 3 is 1.88 bits per heavy atom. The van der Waals surface area contributed by atoms with Crippen LogP contribution in [-0.4, -0.2) is 40.4 Å². The monoisotopic (exact) mass is 333 g/mol. The molecule has 0 saturated carbocycles. The fraction of sp³-hybridized carbons (Fsp3) is 0.294. The second kappa shape index (κ2) is 7.54. The lowest BCUT2D eigenvalue weighted by Gasteiger charge is -2.25. The van der Waals surface area contributed by atoms with Crippen LogP contribution in [0.4, 0.5) is 0 Å². The van der Waals surface area contributed by atoms with Crippen LogP contribution < -0.4 is 14.8 Å². The molecular weight excluding hydrogens is 314 g/mol. The fourth-order valence-corrected chi connectivity index (χ4v) is 2.54. The third-order valence-electron chi connectivity index (χ3n) is 3.68. The molecule has 0 amide bonds. The maximum absolute atomic E-state index is 12.1. The van der Waals surface area contributed by atoms with Crippen LogP contribution in [-0.2, 0) is 19.1 Å². The van der Waals surface area contributed by atoms with E-state index in [1.165, 1.54) is 40.8 Å². The molecule has 1 heterocycles. The van der Waals surface area contributed by atoms with Gasteiger partial charge in [0.15, 0.2) is 11.5 Å². The van der Waals surface area contributed by atoms with Gasteiger partial charge in [-0.2, -0.15) is 0 Å².